The summed E-state index contributed by atoms with van der Waals surface area (Å²) in [6.45, 7) is 0. The van der Waals surface area contributed by atoms with Gasteiger partial charge in [0.05, 0.1) is 5.02 Å². The highest BCUT2D eigenvalue weighted by atomic mass is 35.5. The van der Waals surface area contributed by atoms with Gasteiger partial charge >= 0.3 is 0 Å². The van der Waals surface area contributed by atoms with Crippen molar-refractivity contribution in [3.8, 4) is 0 Å². The second kappa shape index (κ2) is 6.63. The summed E-state index contributed by atoms with van der Waals surface area (Å²) in [4.78, 5) is 12.1. The highest BCUT2D eigenvalue weighted by molar-refractivity contribution is 6.32. The molecule has 0 aromatic heterocycles. The number of amides is 1. The largest absolute Gasteiger partial charge is 0.322 e. The summed E-state index contributed by atoms with van der Waals surface area (Å²) < 4.78 is 13.7. The highest BCUT2D eigenvalue weighted by Gasteiger charge is 2.05. The van der Waals surface area contributed by atoms with E-state index in [0.717, 1.165) is 10.8 Å². The lowest BCUT2D eigenvalue weighted by atomic mass is 10.1. The van der Waals surface area contributed by atoms with E-state index in [1.807, 2.05) is 42.5 Å². The molecule has 1 N–H and O–H groups in total. The zero-order valence-electron chi connectivity index (χ0n) is 12.1. The Hall–Kier alpha value is -2.65. The first-order valence-electron chi connectivity index (χ1n) is 7.06. The molecule has 114 valence electrons. The van der Waals surface area contributed by atoms with Crippen LogP contribution in [0.15, 0.2) is 66.7 Å². The van der Waals surface area contributed by atoms with Crippen molar-refractivity contribution in [1.29, 1.82) is 0 Å². The van der Waals surface area contributed by atoms with E-state index in [0.29, 0.717) is 5.69 Å². The number of fused-ring (bicyclic) bond motifs is 1. The Morgan fingerprint density at radius 1 is 1.00 bits per heavy atom. The monoisotopic (exact) mass is 325 g/mol. The van der Waals surface area contributed by atoms with Gasteiger partial charge in [-0.25, -0.2) is 4.39 Å². The van der Waals surface area contributed by atoms with Gasteiger partial charge < -0.3 is 5.32 Å². The van der Waals surface area contributed by atoms with Gasteiger partial charge in [-0.15, -0.1) is 0 Å². The van der Waals surface area contributed by atoms with Gasteiger partial charge in [0.2, 0.25) is 5.91 Å². The molecule has 3 aromatic carbocycles. The summed E-state index contributed by atoms with van der Waals surface area (Å²) in [7, 11) is 0. The first kappa shape index (κ1) is 15.3. The summed E-state index contributed by atoms with van der Waals surface area (Å²) in [6.07, 6.45) is 2.64. The predicted molar refractivity (Wildman–Crippen MR) is 93.0 cm³/mol. The third kappa shape index (κ3) is 3.41. The maximum Gasteiger partial charge on any atom is 0.248 e. The van der Waals surface area contributed by atoms with Crippen LogP contribution in [0.1, 0.15) is 5.56 Å². The molecule has 0 spiro atoms. The summed E-state index contributed by atoms with van der Waals surface area (Å²) in [5.41, 5.74) is 0.902. The van der Waals surface area contributed by atoms with Crippen LogP contribution in [0.3, 0.4) is 0 Å². The quantitative estimate of drug-likeness (QED) is 0.652. The van der Waals surface area contributed by atoms with Crippen LogP contribution in [0.25, 0.3) is 16.8 Å². The van der Waals surface area contributed by atoms with E-state index in [-0.39, 0.29) is 16.5 Å². The molecule has 0 saturated carbocycles. The van der Waals surface area contributed by atoms with Crippen molar-refractivity contribution in [2.45, 2.75) is 0 Å². The number of anilines is 1. The molecule has 4 heteroatoms. The van der Waals surface area contributed by atoms with E-state index in [1.165, 1.54) is 24.3 Å². The molecule has 0 aliphatic rings. The third-order valence-electron chi connectivity index (χ3n) is 3.45. The second-order valence-corrected chi connectivity index (χ2v) is 5.39. The average Bonchev–Trinajstić information content (AvgIpc) is 2.55. The van der Waals surface area contributed by atoms with E-state index in [1.54, 1.807) is 6.07 Å². The van der Waals surface area contributed by atoms with Crippen LogP contribution in [0.5, 0.6) is 0 Å². The molecule has 0 saturated heterocycles. The molecular formula is C19H13ClFNO. The predicted octanol–water partition coefficient (Wildman–Crippen LogP) is 5.28. The molecule has 0 radical (unpaired) electrons. The SMILES string of the molecule is O=C(/C=C/c1c(F)cccc1Cl)Nc1cccc2ccccc12. The molecule has 3 rings (SSSR count). The Balaban J connectivity index is 1.83. The third-order valence-corrected chi connectivity index (χ3v) is 3.78. The molecule has 1 amide bonds. The van der Waals surface area contributed by atoms with Gasteiger partial charge in [0.25, 0.3) is 0 Å². The van der Waals surface area contributed by atoms with E-state index < -0.39 is 5.82 Å². The normalized spacial score (nSPS) is 11.0. The number of carbonyl (C=O) groups is 1. The van der Waals surface area contributed by atoms with Crippen LogP contribution in [0, 0.1) is 5.82 Å². The summed E-state index contributed by atoms with van der Waals surface area (Å²) in [5.74, 6) is -0.813. The number of halogens is 2. The summed E-state index contributed by atoms with van der Waals surface area (Å²) in [5, 5.41) is 5.04. The minimum Gasteiger partial charge on any atom is -0.322 e. The second-order valence-electron chi connectivity index (χ2n) is 4.98. The molecule has 0 bridgehead atoms. The lowest BCUT2D eigenvalue weighted by molar-refractivity contribution is -0.111. The summed E-state index contributed by atoms with van der Waals surface area (Å²) in [6, 6.07) is 17.8. The molecule has 0 unspecified atom stereocenters. The molecular weight excluding hydrogens is 313 g/mol. The number of rotatable bonds is 3. The molecule has 3 aromatic rings. The highest BCUT2D eigenvalue weighted by Crippen LogP contribution is 2.23. The molecule has 0 heterocycles. The number of carbonyl (C=O) groups excluding carboxylic acids is 1. The van der Waals surface area contributed by atoms with Crippen molar-refractivity contribution in [1.82, 2.24) is 0 Å². The molecule has 0 aliphatic heterocycles. The molecule has 23 heavy (non-hydrogen) atoms. The van der Waals surface area contributed by atoms with Gasteiger partial charge in [0.1, 0.15) is 5.82 Å². The Morgan fingerprint density at radius 3 is 2.57 bits per heavy atom. The average molecular weight is 326 g/mol. The molecule has 0 fully saturated rings. The molecule has 0 atom stereocenters. The first-order chi connectivity index (χ1) is 11.1. The van der Waals surface area contributed by atoms with Gasteiger partial charge in [-0.05, 0) is 29.7 Å². The smallest absolute Gasteiger partial charge is 0.248 e. The minimum absolute atomic E-state index is 0.197. The van der Waals surface area contributed by atoms with Crippen LogP contribution in [0.2, 0.25) is 5.02 Å². The molecule has 2 nitrogen and oxygen atoms in total. The topological polar surface area (TPSA) is 29.1 Å². The lowest BCUT2D eigenvalue weighted by Gasteiger charge is -2.07. The van der Waals surface area contributed by atoms with Crippen LogP contribution >= 0.6 is 11.6 Å². The lowest BCUT2D eigenvalue weighted by Crippen LogP contribution is -2.08. The van der Waals surface area contributed by atoms with E-state index in [4.69, 9.17) is 11.6 Å². The number of benzene rings is 3. The van der Waals surface area contributed by atoms with Crippen molar-refractivity contribution in [3.05, 3.63) is 83.1 Å². The number of nitrogens with one attached hydrogen (secondary N) is 1. The fourth-order valence-corrected chi connectivity index (χ4v) is 2.56. The van der Waals surface area contributed by atoms with Gasteiger partial charge in [0, 0.05) is 22.7 Å². The minimum atomic E-state index is -0.466. The van der Waals surface area contributed by atoms with Crippen molar-refractivity contribution in [2.75, 3.05) is 5.32 Å². The van der Waals surface area contributed by atoms with Crippen LogP contribution in [-0.2, 0) is 4.79 Å². The van der Waals surface area contributed by atoms with Gasteiger partial charge in [-0.1, -0.05) is 54.1 Å². The van der Waals surface area contributed by atoms with Crippen molar-refractivity contribution in [3.63, 3.8) is 0 Å². The number of hydrogen-bond acceptors (Lipinski definition) is 1. The number of hydrogen-bond donors (Lipinski definition) is 1. The Kier molecular flexibility index (Phi) is 4.40. The Bertz CT molecular complexity index is 879. The Labute approximate surface area is 138 Å². The van der Waals surface area contributed by atoms with Crippen LogP contribution < -0.4 is 5.32 Å². The van der Waals surface area contributed by atoms with E-state index >= 15 is 0 Å². The maximum absolute atomic E-state index is 13.7. The Morgan fingerprint density at radius 2 is 1.74 bits per heavy atom. The molecule has 0 aliphatic carbocycles. The zero-order chi connectivity index (χ0) is 16.2. The van der Waals surface area contributed by atoms with Crippen LogP contribution in [0.4, 0.5) is 10.1 Å². The zero-order valence-corrected chi connectivity index (χ0v) is 12.8. The maximum atomic E-state index is 13.7. The standard InChI is InChI=1S/C19H13ClFNO/c20-16-8-4-9-17(21)15(16)11-12-19(23)22-18-10-3-6-13-5-1-2-7-14(13)18/h1-12H,(H,22,23)/b12-11+. The van der Waals surface area contributed by atoms with Crippen LogP contribution in [-0.4, -0.2) is 5.91 Å². The van der Waals surface area contributed by atoms with E-state index in [2.05, 4.69) is 5.32 Å². The fraction of sp³-hybridized carbons (Fsp3) is 0. The fourth-order valence-electron chi connectivity index (χ4n) is 2.34. The summed E-state index contributed by atoms with van der Waals surface area (Å²) >= 11 is 5.93. The van der Waals surface area contributed by atoms with Gasteiger partial charge in [-0.2, -0.15) is 0 Å². The first-order valence-corrected chi connectivity index (χ1v) is 7.44. The van der Waals surface area contributed by atoms with E-state index in [9.17, 15) is 9.18 Å². The van der Waals surface area contributed by atoms with Gasteiger partial charge in [0.15, 0.2) is 0 Å². The van der Waals surface area contributed by atoms with Crippen molar-refractivity contribution in [2.24, 2.45) is 0 Å². The van der Waals surface area contributed by atoms with Crippen molar-refractivity contribution >= 4 is 40.0 Å². The van der Waals surface area contributed by atoms with Gasteiger partial charge in [-0.3, -0.25) is 4.79 Å². The van der Waals surface area contributed by atoms with Crippen molar-refractivity contribution < 1.29 is 9.18 Å².